The van der Waals surface area contributed by atoms with Crippen LogP contribution < -0.4 is 4.72 Å². The molecule has 0 unspecified atom stereocenters. The molecule has 7 heteroatoms. The predicted octanol–water partition coefficient (Wildman–Crippen LogP) is 2.42. The standard InChI is InChI=1S/C18H18N4O2S/c23-25(24,10-9-16-5-2-1-3-6-16)21-12-17-7-4-8-18(11-17)13-22-15-19-14-20-22/h1-11,14-15,21H,12-13H2/b10-9+. The molecule has 3 aromatic rings. The van der Waals surface area contributed by atoms with Crippen molar-refractivity contribution in [3.05, 3.63) is 89.4 Å². The molecule has 128 valence electrons. The molecule has 0 spiro atoms. The van der Waals surface area contributed by atoms with Crippen LogP contribution in [0.15, 0.2) is 72.7 Å². The Kier molecular flexibility index (Phi) is 5.37. The Labute approximate surface area is 146 Å². The Balaban J connectivity index is 1.61. The third-order valence-electron chi connectivity index (χ3n) is 3.52. The Morgan fingerprint density at radius 3 is 2.60 bits per heavy atom. The summed E-state index contributed by atoms with van der Waals surface area (Å²) in [6, 6.07) is 17.0. The summed E-state index contributed by atoms with van der Waals surface area (Å²) in [6.45, 7) is 0.821. The lowest BCUT2D eigenvalue weighted by Crippen LogP contribution is -2.20. The fraction of sp³-hybridized carbons (Fsp3) is 0.111. The molecule has 0 saturated heterocycles. The van der Waals surface area contributed by atoms with Crippen molar-refractivity contribution in [2.75, 3.05) is 0 Å². The van der Waals surface area contributed by atoms with E-state index in [1.807, 2.05) is 54.6 Å². The van der Waals surface area contributed by atoms with Crippen LogP contribution >= 0.6 is 0 Å². The molecule has 0 aliphatic carbocycles. The number of nitrogens with zero attached hydrogens (tertiary/aromatic N) is 3. The van der Waals surface area contributed by atoms with Crippen molar-refractivity contribution in [1.82, 2.24) is 19.5 Å². The molecule has 0 bridgehead atoms. The molecular weight excluding hydrogens is 336 g/mol. The van der Waals surface area contributed by atoms with Crippen molar-refractivity contribution in [2.24, 2.45) is 0 Å². The second-order valence-corrected chi connectivity index (χ2v) is 7.14. The van der Waals surface area contributed by atoms with Gasteiger partial charge in [-0.25, -0.2) is 22.8 Å². The molecule has 2 aromatic carbocycles. The second-order valence-electron chi connectivity index (χ2n) is 5.49. The van der Waals surface area contributed by atoms with Crippen LogP contribution in [0.4, 0.5) is 0 Å². The highest BCUT2D eigenvalue weighted by atomic mass is 32.2. The number of rotatable bonds is 7. The van der Waals surface area contributed by atoms with Gasteiger partial charge in [0.2, 0.25) is 10.0 Å². The summed E-state index contributed by atoms with van der Waals surface area (Å²) < 4.78 is 28.5. The van der Waals surface area contributed by atoms with Gasteiger partial charge in [0.25, 0.3) is 0 Å². The molecule has 0 aliphatic rings. The topological polar surface area (TPSA) is 76.9 Å². The fourth-order valence-electron chi connectivity index (χ4n) is 2.30. The largest absolute Gasteiger partial charge is 0.249 e. The number of nitrogens with one attached hydrogen (secondary N) is 1. The zero-order valence-electron chi connectivity index (χ0n) is 13.5. The predicted molar refractivity (Wildman–Crippen MR) is 96.8 cm³/mol. The highest BCUT2D eigenvalue weighted by Crippen LogP contribution is 2.08. The van der Waals surface area contributed by atoms with Crippen LogP contribution in [0.1, 0.15) is 16.7 Å². The van der Waals surface area contributed by atoms with E-state index < -0.39 is 10.0 Å². The van der Waals surface area contributed by atoms with E-state index in [1.54, 1.807) is 17.1 Å². The monoisotopic (exact) mass is 354 g/mol. The summed E-state index contributed by atoms with van der Waals surface area (Å²) in [4.78, 5) is 3.91. The van der Waals surface area contributed by atoms with E-state index in [1.165, 1.54) is 11.7 Å². The summed E-state index contributed by atoms with van der Waals surface area (Å²) >= 11 is 0. The zero-order chi connectivity index (χ0) is 17.5. The first-order valence-electron chi connectivity index (χ1n) is 7.74. The van der Waals surface area contributed by atoms with Crippen LogP contribution in [-0.4, -0.2) is 23.2 Å². The summed E-state index contributed by atoms with van der Waals surface area (Å²) in [5.41, 5.74) is 2.75. The molecule has 0 radical (unpaired) electrons. The lowest BCUT2D eigenvalue weighted by molar-refractivity contribution is 0.590. The summed E-state index contributed by atoms with van der Waals surface area (Å²) in [7, 11) is -3.50. The van der Waals surface area contributed by atoms with Gasteiger partial charge in [-0.1, -0.05) is 54.6 Å². The minimum absolute atomic E-state index is 0.229. The molecule has 1 N–H and O–H groups in total. The molecule has 0 aliphatic heterocycles. The highest BCUT2D eigenvalue weighted by Gasteiger charge is 2.06. The van der Waals surface area contributed by atoms with Crippen LogP contribution in [0.25, 0.3) is 6.08 Å². The summed E-state index contributed by atoms with van der Waals surface area (Å²) in [5, 5.41) is 5.25. The summed E-state index contributed by atoms with van der Waals surface area (Å²) in [6.07, 6.45) is 4.70. The van der Waals surface area contributed by atoms with Gasteiger partial charge < -0.3 is 0 Å². The maximum absolute atomic E-state index is 12.1. The van der Waals surface area contributed by atoms with Crippen molar-refractivity contribution in [3.8, 4) is 0 Å². The molecule has 1 aromatic heterocycles. The van der Waals surface area contributed by atoms with E-state index >= 15 is 0 Å². The zero-order valence-corrected chi connectivity index (χ0v) is 14.3. The third kappa shape index (κ3) is 5.37. The van der Waals surface area contributed by atoms with Crippen molar-refractivity contribution in [1.29, 1.82) is 0 Å². The van der Waals surface area contributed by atoms with Crippen LogP contribution in [0, 0.1) is 0 Å². The first kappa shape index (κ1) is 17.1. The van der Waals surface area contributed by atoms with Crippen molar-refractivity contribution < 1.29 is 8.42 Å². The first-order valence-corrected chi connectivity index (χ1v) is 9.28. The third-order valence-corrected chi connectivity index (χ3v) is 4.56. The Morgan fingerprint density at radius 1 is 1.04 bits per heavy atom. The first-order chi connectivity index (χ1) is 12.1. The van der Waals surface area contributed by atoms with Crippen LogP contribution in [0.5, 0.6) is 0 Å². The smallest absolute Gasteiger partial charge is 0.234 e. The molecule has 0 fully saturated rings. The van der Waals surface area contributed by atoms with E-state index in [0.717, 1.165) is 16.7 Å². The van der Waals surface area contributed by atoms with Gasteiger partial charge in [-0.3, -0.25) is 0 Å². The molecule has 0 saturated carbocycles. The quantitative estimate of drug-likeness (QED) is 0.707. The van der Waals surface area contributed by atoms with E-state index in [9.17, 15) is 8.42 Å². The Hall–Kier alpha value is -2.77. The van der Waals surface area contributed by atoms with Gasteiger partial charge in [-0.15, -0.1) is 0 Å². The normalized spacial score (nSPS) is 11.8. The van der Waals surface area contributed by atoms with Gasteiger partial charge in [-0.2, -0.15) is 5.10 Å². The maximum atomic E-state index is 12.1. The molecule has 25 heavy (non-hydrogen) atoms. The summed E-state index contributed by atoms with van der Waals surface area (Å²) in [5.74, 6) is 0. The van der Waals surface area contributed by atoms with Crippen molar-refractivity contribution in [2.45, 2.75) is 13.1 Å². The van der Waals surface area contributed by atoms with E-state index in [0.29, 0.717) is 6.54 Å². The van der Waals surface area contributed by atoms with Gasteiger partial charge in [0.15, 0.2) is 0 Å². The molecule has 1 heterocycles. The highest BCUT2D eigenvalue weighted by molar-refractivity contribution is 7.92. The number of sulfonamides is 1. The second kappa shape index (κ2) is 7.87. The number of aromatic nitrogens is 3. The lowest BCUT2D eigenvalue weighted by atomic mass is 10.1. The van der Waals surface area contributed by atoms with Crippen LogP contribution in [-0.2, 0) is 23.1 Å². The SMILES string of the molecule is O=S(=O)(/C=C/c1ccccc1)NCc1cccc(Cn2cncn2)c1. The number of hydrogen-bond acceptors (Lipinski definition) is 4. The Morgan fingerprint density at radius 2 is 1.84 bits per heavy atom. The van der Waals surface area contributed by atoms with Gasteiger partial charge in [0.1, 0.15) is 12.7 Å². The molecule has 6 nitrogen and oxygen atoms in total. The molecular formula is C18H18N4O2S. The van der Waals surface area contributed by atoms with Crippen LogP contribution in [0.3, 0.4) is 0 Å². The van der Waals surface area contributed by atoms with Crippen LogP contribution in [0.2, 0.25) is 0 Å². The maximum Gasteiger partial charge on any atom is 0.234 e. The minimum atomic E-state index is -3.50. The Bertz CT molecular complexity index is 936. The van der Waals surface area contributed by atoms with E-state index in [2.05, 4.69) is 14.8 Å². The molecule has 0 amide bonds. The average molecular weight is 354 g/mol. The van der Waals surface area contributed by atoms with E-state index in [-0.39, 0.29) is 6.54 Å². The van der Waals surface area contributed by atoms with Crippen molar-refractivity contribution >= 4 is 16.1 Å². The fourth-order valence-corrected chi connectivity index (χ4v) is 3.10. The van der Waals surface area contributed by atoms with Gasteiger partial charge in [0.05, 0.1) is 6.54 Å². The minimum Gasteiger partial charge on any atom is -0.249 e. The van der Waals surface area contributed by atoms with E-state index in [4.69, 9.17) is 0 Å². The van der Waals surface area contributed by atoms with Gasteiger partial charge >= 0.3 is 0 Å². The number of benzene rings is 2. The molecule has 3 rings (SSSR count). The lowest BCUT2D eigenvalue weighted by Gasteiger charge is -2.06. The average Bonchev–Trinajstić information content (AvgIpc) is 3.13. The van der Waals surface area contributed by atoms with Gasteiger partial charge in [0, 0.05) is 12.0 Å². The number of hydrogen-bond donors (Lipinski definition) is 1. The van der Waals surface area contributed by atoms with Gasteiger partial charge in [-0.05, 0) is 22.8 Å². The van der Waals surface area contributed by atoms with Crippen molar-refractivity contribution in [3.63, 3.8) is 0 Å². The molecule has 0 atom stereocenters.